The molecule has 3 fully saturated rings. The molecule has 4 rings (SSSR count). The number of benzene rings is 1. The average molecular weight is 417 g/mol. The number of carbonyl (C=O) groups excluding carboxylic acids is 1. The van der Waals surface area contributed by atoms with Gasteiger partial charge in [-0.2, -0.15) is 0 Å². The van der Waals surface area contributed by atoms with Crippen LogP contribution < -0.4 is 5.32 Å². The molecular weight excluding hydrogens is 380 g/mol. The van der Waals surface area contributed by atoms with Gasteiger partial charge in [0.15, 0.2) is 0 Å². The van der Waals surface area contributed by atoms with Crippen LogP contribution in [0.4, 0.5) is 0 Å². The number of amides is 1. The van der Waals surface area contributed by atoms with Gasteiger partial charge in [-0.3, -0.25) is 4.79 Å². The first-order valence-corrected chi connectivity index (χ1v) is 11.4. The van der Waals surface area contributed by atoms with Crippen molar-refractivity contribution in [1.82, 2.24) is 10.2 Å². The molecule has 0 aliphatic carbocycles. The van der Waals surface area contributed by atoms with Crippen LogP contribution in [0.25, 0.3) is 0 Å². The van der Waals surface area contributed by atoms with E-state index in [-0.39, 0.29) is 30.4 Å². The second-order valence-corrected chi connectivity index (χ2v) is 9.95. The first kappa shape index (κ1) is 21.8. The van der Waals surface area contributed by atoms with Crippen molar-refractivity contribution >= 4 is 5.91 Å². The lowest BCUT2D eigenvalue weighted by Gasteiger charge is -2.49. The molecule has 1 aromatic rings. The molecule has 1 amide bonds. The van der Waals surface area contributed by atoms with Crippen molar-refractivity contribution in [3.63, 3.8) is 0 Å². The topological polar surface area (TPSA) is 82.0 Å². The largest absolute Gasteiger partial charge is 0.393 e. The van der Waals surface area contributed by atoms with E-state index < -0.39 is 17.3 Å². The number of hydrogen-bond donors (Lipinski definition) is 3. The summed E-state index contributed by atoms with van der Waals surface area (Å²) in [5.41, 5.74) is -0.282. The molecule has 3 saturated heterocycles. The monoisotopic (exact) mass is 416 g/mol. The summed E-state index contributed by atoms with van der Waals surface area (Å²) < 4.78 is 6.45. The summed E-state index contributed by atoms with van der Waals surface area (Å²) in [6.07, 6.45) is 3.53. The number of ether oxygens (including phenoxy) is 1. The Hall–Kier alpha value is -1.47. The molecule has 3 heterocycles. The van der Waals surface area contributed by atoms with Crippen molar-refractivity contribution in [3.05, 3.63) is 35.9 Å². The van der Waals surface area contributed by atoms with Crippen LogP contribution in [0.15, 0.2) is 30.3 Å². The molecule has 2 bridgehead atoms. The third-order valence-electron chi connectivity index (χ3n) is 7.61. The van der Waals surface area contributed by atoms with E-state index in [2.05, 4.69) is 29.4 Å². The number of likely N-dealkylation sites (tertiary alicyclic amines) is 1. The molecule has 6 heteroatoms. The summed E-state index contributed by atoms with van der Waals surface area (Å²) in [7, 11) is 2.08. The molecule has 0 unspecified atom stereocenters. The zero-order chi connectivity index (χ0) is 21.4. The number of hydrogen-bond acceptors (Lipinski definition) is 5. The van der Waals surface area contributed by atoms with Gasteiger partial charge in [-0.05, 0) is 77.1 Å². The van der Waals surface area contributed by atoms with Crippen LogP contribution in [0.5, 0.6) is 0 Å². The van der Waals surface area contributed by atoms with E-state index in [1.807, 2.05) is 25.1 Å². The lowest BCUT2D eigenvalue weighted by molar-refractivity contribution is -0.230. The van der Waals surface area contributed by atoms with Gasteiger partial charge in [0.2, 0.25) is 5.91 Å². The van der Waals surface area contributed by atoms with Crippen molar-refractivity contribution in [2.45, 2.75) is 74.7 Å². The number of piperidine rings is 1. The summed E-state index contributed by atoms with van der Waals surface area (Å²) in [6, 6.07) is 9.94. The molecule has 5 atom stereocenters. The van der Waals surface area contributed by atoms with Crippen LogP contribution in [0.2, 0.25) is 0 Å². The molecule has 1 aromatic carbocycles. The minimum atomic E-state index is -0.817. The fourth-order valence-electron chi connectivity index (χ4n) is 5.78. The van der Waals surface area contributed by atoms with Crippen molar-refractivity contribution in [3.8, 4) is 0 Å². The molecule has 0 saturated carbocycles. The summed E-state index contributed by atoms with van der Waals surface area (Å²) >= 11 is 0. The van der Waals surface area contributed by atoms with Gasteiger partial charge in [-0.25, -0.2) is 0 Å². The van der Waals surface area contributed by atoms with E-state index in [1.54, 1.807) is 0 Å². The van der Waals surface area contributed by atoms with Crippen LogP contribution in [-0.4, -0.2) is 71.1 Å². The fourth-order valence-corrected chi connectivity index (χ4v) is 5.78. The summed E-state index contributed by atoms with van der Waals surface area (Å²) in [5, 5.41) is 24.8. The number of rotatable bonds is 4. The number of carbonyl (C=O) groups is 1. The lowest BCUT2D eigenvalue weighted by Crippen LogP contribution is -2.59. The first-order chi connectivity index (χ1) is 14.3. The number of nitrogens with one attached hydrogen (secondary N) is 1. The third-order valence-corrected chi connectivity index (χ3v) is 7.61. The molecule has 3 aliphatic heterocycles. The van der Waals surface area contributed by atoms with Gasteiger partial charge in [0.25, 0.3) is 0 Å². The Bertz CT molecular complexity index is 736. The van der Waals surface area contributed by atoms with Crippen LogP contribution in [0.1, 0.15) is 56.9 Å². The minimum absolute atomic E-state index is 0.00798. The van der Waals surface area contributed by atoms with Crippen LogP contribution in [0.3, 0.4) is 0 Å². The highest BCUT2D eigenvalue weighted by atomic mass is 16.5. The predicted molar refractivity (Wildman–Crippen MR) is 115 cm³/mol. The van der Waals surface area contributed by atoms with Crippen LogP contribution in [-0.2, 0) is 9.53 Å². The Morgan fingerprint density at radius 2 is 1.90 bits per heavy atom. The summed E-state index contributed by atoms with van der Waals surface area (Å²) in [5.74, 6) is 0.258. The van der Waals surface area contributed by atoms with Gasteiger partial charge in [-0.15, -0.1) is 0 Å². The Morgan fingerprint density at radius 3 is 2.57 bits per heavy atom. The number of nitrogens with zero attached hydrogens (tertiary/aromatic N) is 1. The maximum Gasteiger partial charge on any atom is 0.223 e. The van der Waals surface area contributed by atoms with E-state index in [4.69, 9.17) is 4.74 Å². The maximum atomic E-state index is 12.9. The maximum absolute atomic E-state index is 12.9. The first-order valence-electron chi connectivity index (χ1n) is 11.4. The predicted octanol–water partition coefficient (Wildman–Crippen LogP) is 2.05. The number of fused-ring (bicyclic) bond motifs is 2. The van der Waals surface area contributed by atoms with Crippen molar-refractivity contribution < 1.29 is 19.7 Å². The van der Waals surface area contributed by atoms with Gasteiger partial charge in [0, 0.05) is 5.92 Å². The van der Waals surface area contributed by atoms with Gasteiger partial charge >= 0.3 is 0 Å². The minimum Gasteiger partial charge on any atom is -0.393 e. The van der Waals surface area contributed by atoms with Gasteiger partial charge in [0.05, 0.1) is 23.9 Å². The van der Waals surface area contributed by atoms with Crippen LogP contribution in [0, 0.1) is 5.92 Å². The smallest absolute Gasteiger partial charge is 0.223 e. The molecule has 0 spiro atoms. The summed E-state index contributed by atoms with van der Waals surface area (Å²) in [6.45, 7) is 3.72. The lowest BCUT2D eigenvalue weighted by atomic mass is 9.74. The number of aliphatic hydroxyl groups excluding tert-OH is 2. The molecule has 0 aromatic heterocycles. The highest BCUT2D eigenvalue weighted by molar-refractivity contribution is 5.79. The Labute approximate surface area is 179 Å². The molecule has 3 aliphatic rings. The summed E-state index contributed by atoms with van der Waals surface area (Å²) in [4.78, 5) is 15.2. The fraction of sp³-hybridized carbons (Fsp3) is 0.708. The van der Waals surface area contributed by atoms with Crippen molar-refractivity contribution in [1.29, 1.82) is 0 Å². The van der Waals surface area contributed by atoms with E-state index in [1.165, 1.54) is 5.56 Å². The molecular formula is C24H36N2O4. The van der Waals surface area contributed by atoms with Crippen LogP contribution >= 0.6 is 0 Å². The molecule has 6 nitrogen and oxygen atoms in total. The van der Waals surface area contributed by atoms with E-state index in [0.29, 0.717) is 19.3 Å². The SMILES string of the molecule is CN1CCC(C(=O)N[C@@H]2CC[C@@]3(CO)C[C@H](c4ccccc4)C[C@](C)(O3)[C@H]2O)CC1. The number of aliphatic hydroxyl groups is 2. The van der Waals surface area contributed by atoms with Crippen molar-refractivity contribution in [2.24, 2.45) is 5.92 Å². The Kier molecular flexibility index (Phi) is 6.22. The highest BCUT2D eigenvalue weighted by Crippen LogP contribution is 2.49. The molecule has 3 N–H and O–H groups in total. The van der Waals surface area contributed by atoms with E-state index in [0.717, 1.165) is 32.4 Å². The van der Waals surface area contributed by atoms with Crippen molar-refractivity contribution in [2.75, 3.05) is 26.7 Å². The van der Waals surface area contributed by atoms with Gasteiger partial charge in [-0.1, -0.05) is 30.3 Å². The second kappa shape index (κ2) is 8.58. The van der Waals surface area contributed by atoms with E-state index >= 15 is 0 Å². The quantitative estimate of drug-likeness (QED) is 0.700. The molecule has 30 heavy (non-hydrogen) atoms. The Balaban J connectivity index is 1.53. The molecule has 0 radical (unpaired) electrons. The normalized spacial score (nSPS) is 38.1. The zero-order valence-electron chi connectivity index (χ0n) is 18.2. The average Bonchev–Trinajstić information content (AvgIpc) is 2.83. The Morgan fingerprint density at radius 1 is 1.20 bits per heavy atom. The second-order valence-electron chi connectivity index (χ2n) is 9.95. The third kappa shape index (κ3) is 4.28. The zero-order valence-corrected chi connectivity index (χ0v) is 18.2. The standard InChI is InChI=1S/C24H36N2O4/c1-23-14-19(17-6-4-3-5-7-17)15-24(16-27,30-23)11-8-20(21(23)28)25-22(29)18-9-12-26(2)13-10-18/h3-7,18-21,27-28H,8-16H2,1-2H3,(H,25,29)/t19-,20-,21+,23+,24+/m1/s1. The van der Waals surface area contributed by atoms with E-state index in [9.17, 15) is 15.0 Å². The molecule has 166 valence electrons. The highest BCUT2D eigenvalue weighted by Gasteiger charge is 2.54. The van der Waals surface area contributed by atoms with Gasteiger partial charge < -0.3 is 25.2 Å². The van der Waals surface area contributed by atoms with Gasteiger partial charge in [0.1, 0.15) is 6.10 Å².